The SMILES string of the molecule is CCCCC/C=C\C/C=C\CCCCCCCCCCCCCCCCCC(=O)OC(/C=C\CCCCCCCCCCC)C(COP(=O)(O)OCC[N+](C)(C)C)NC(=O)CC/C=C/C/C=C\CCCCCCCC. The summed E-state index contributed by atoms with van der Waals surface area (Å²) in [5.74, 6) is -0.578. The number of carbonyl (C=O) groups is 2. The highest BCUT2D eigenvalue weighted by Gasteiger charge is 2.30. The zero-order chi connectivity index (χ0) is 55.0. The molecule has 1 amide bonds. The van der Waals surface area contributed by atoms with E-state index in [2.05, 4.69) is 68.6 Å². The molecule has 3 atom stereocenters. The third kappa shape index (κ3) is 56.2. The highest BCUT2D eigenvalue weighted by atomic mass is 31.2. The first-order chi connectivity index (χ1) is 36.4. The van der Waals surface area contributed by atoms with Crippen molar-refractivity contribution in [3.63, 3.8) is 0 Å². The molecule has 2 N–H and O–H groups in total. The fraction of sp³-hybridized carbons (Fsp3) is 0.815. The number of rotatable bonds is 57. The molecule has 0 saturated heterocycles. The molecule has 0 aromatic heterocycles. The highest BCUT2D eigenvalue weighted by Crippen LogP contribution is 2.43. The molecular formula is C65H122N2O7P+. The van der Waals surface area contributed by atoms with Crippen molar-refractivity contribution in [1.82, 2.24) is 5.32 Å². The summed E-state index contributed by atoms with van der Waals surface area (Å²) in [5, 5.41) is 3.01. The van der Waals surface area contributed by atoms with Gasteiger partial charge in [-0.25, -0.2) is 4.57 Å². The number of phosphoric ester groups is 1. The summed E-state index contributed by atoms with van der Waals surface area (Å²) >= 11 is 0. The van der Waals surface area contributed by atoms with Crippen molar-refractivity contribution in [1.29, 1.82) is 0 Å². The van der Waals surface area contributed by atoms with Crippen LogP contribution in [0.1, 0.15) is 290 Å². The van der Waals surface area contributed by atoms with E-state index in [4.69, 9.17) is 13.8 Å². The van der Waals surface area contributed by atoms with Gasteiger partial charge in [0, 0.05) is 12.8 Å². The van der Waals surface area contributed by atoms with Crippen LogP contribution in [0.5, 0.6) is 0 Å². The van der Waals surface area contributed by atoms with Gasteiger partial charge in [-0.15, -0.1) is 0 Å². The summed E-state index contributed by atoms with van der Waals surface area (Å²) in [6, 6.07) is -0.877. The zero-order valence-electron chi connectivity index (χ0n) is 50.0. The van der Waals surface area contributed by atoms with Gasteiger partial charge in [0.25, 0.3) is 0 Å². The number of hydrogen-bond acceptors (Lipinski definition) is 6. The molecule has 9 nitrogen and oxygen atoms in total. The first-order valence-electron chi connectivity index (χ1n) is 31.6. The van der Waals surface area contributed by atoms with Crippen molar-refractivity contribution in [2.75, 3.05) is 40.9 Å². The Hall–Kier alpha value is -2.29. The Kier molecular flexibility index (Phi) is 53.4. The van der Waals surface area contributed by atoms with Crippen molar-refractivity contribution in [2.24, 2.45) is 0 Å². The minimum Gasteiger partial charge on any atom is -0.456 e. The van der Waals surface area contributed by atoms with Crippen LogP contribution in [-0.4, -0.2) is 74.3 Å². The van der Waals surface area contributed by atoms with Crippen LogP contribution in [0.15, 0.2) is 60.8 Å². The van der Waals surface area contributed by atoms with Crippen LogP contribution in [0, 0.1) is 0 Å². The van der Waals surface area contributed by atoms with Gasteiger partial charge in [-0.2, -0.15) is 0 Å². The Morgan fingerprint density at radius 1 is 0.467 bits per heavy atom. The van der Waals surface area contributed by atoms with Gasteiger partial charge in [0.15, 0.2) is 0 Å². The van der Waals surface area contributed by atoms with Gasteiger partial charge < -0.3 is 19.4 Å². The predicted octanol–water partition coefficient (Wildman–Crippen LogP) is 19.4. The Labute approximate surface area is 464 Å². The lowest BCUT2D eigenvalue weighted by atomic mass is 10.0. The van der Waals surface area contributed by atoms with E-state index in [0.717, 1.165) is 57.8 Å². The Morgan fingerprint density at radius 3 is 1.25 bits per heavy atom. The second kappa shape index (κ2) is 55.0. The number of carbonyl (C=O) groups excluding carboxylic acids is 2. The molecule has 0 aliphatic carbocycles. The number of hydrogen-bond donors (Lipinski definition) is 2. The molecule has 438 valence electrons. The summed E-state index contributed by atoms with van der Waals surface area (Å²) in [7, 11) is 1.47. The maximum Gasteiger partial charge on any atom is 0.472 e. The van der Waals surface area contributed by atoms with Crippen LogP contribution in [0.2, 0.25) is 0 Å². The third-order valence-corrected chi connectivity index (χ3v) is 14.9. The average Bonchev–Trinajstić information content (AvgIpc) is 3.37. The minimum absolute atomic E-state index is 0.0309. The molecule has 0 fully saturated rings. The Balaban J connectivity index is 5.09. The number of quaternary nitrogens is 1. The molecule has 0 radical (unpaired) electrons. The van der Waals surface area contributed by atoms with Gasteiger partial charge in [0.05, 0.1) is 33.8 Å². The number of phosphoric acid groups is 1. The number of nitrogens with zero attached hydrogens (tertiary/aromatic N) is 1. The molecule has 75 heavy (non-hydrogen) atoms. The van der Waals surface area contributed by atoms with Crippen LogP contribution < -0.4 is 5.32 Å². The molecule has 0 spiro atoms. The lowest BCUT2D eigenvalue weighted by Gasteiger charge is -2.27. The topological polar surface area (TPSA) is 111 Å². The van der Waals surface area contributed by atoms with E-state index in [-0.39, 0.29) is 37.9 Å². The van der Waals surface area contributed by atoms with Crippen LogP contribution in [0.4, 0.5) is 0 Å². The molecule has 0 aliphatic heterocycles. The standard InChI is InChI=1S/C65H121N2O7P/c1-7-10-13-16-19-22-25-27-28-29-30-31-32-33-34-35-36-37-38-40-43-46-49-52-55-58-65(69)74-63(56-53-50-47-44-41-24-21-18-15-12-9-3)62(61-73-75(70,71)72-60-59-67(4,5)6)66-64(68)57-54-51-48-45-42-39-26-23-20-17-14-11-8-2/h19,22,27-28,39,42,48,51,53,56,62-63H,7-18,20-21,23-26,29-38,40-41,43-47,49-50,52,54-55,57-61H2,1-6H3,(H-,66,68,70,71)/p+1/b22-19-,28-27-,42-39-,51-48+,56-53-. The van der Waals surface area contributed by atoms with Crippen LogP contribution in [-0.2, 0) is 27.9 Å². The lowest BCUT2D eigenvalue weighted by molar-refractivity contribution is -0.870. The fourth-order valence-corrected chi connectivity index (χ4v) is 9.76. The van der Waals surface area contributed by atoms with E-state index in [1.807, 2.05) is 39.4 Å². The molecule has 10 heteroatoms. The number of esters is 1. The fourth-order valence-electron chi connectivity index (χ4n) is 9.02. The van der Waals surface area contributed by atoms with Gasteiger partial charge in [-0.05, 0) is 83.1 Å². The molecule has 0 heterocycles. The first-order valence-corrected chi connectivity index (χ1v) is 33.1. The number of unbranched alkanes of at least 4 members (excludes halogenated alkanes) is 33. The second-order valence-corrected chi connectivity index (χ2v) is 24.0. The number of nitrogens with one attached hydrogen (secondary N) is 1. The molecular weight excluding hydrogens is 952 g/mol. The molecule has 3 unspecified atom stereocenters. The summed E-state index contributed by atoms with van der Waals surface area (Å²) in [4.78, 5) is 37.6. The molecule has 0 rings (SSSR count). The molecule has 0 aromatic carbocycles. The number of allylic oxidation sites excluding steroid dienone is 9. The van der Waals surface area contributed by atoms with Gasteiger partial charge in [0.2, 0.25) is 5.91 Å². The summed E-state index contributed by atoms with van der Waals surface area (Å²) < 4.78 is 30.6. The number of amides is 1. The third-order valence-electron chi connectivity index (χ3n) is 13.9. The average molecular weight is 1070 g/mol. The van der Waals surface area contributed by atoms with Gasteiger partial charge in [-0.1, -0.05) is 255 Å². The zero-order valence-corrected chi connectivity index (χ0v) is 50.9. The Morgan fingerprint density at radius 2 is 0.827 bits per heavy atom. The maximum atomic E-state index is 13.5. The quantitative estimate of drug-likeness (QED) is 0.0205. The monoisotopic (exact) mass is 1070 g/mol. The van der Waals surface area contributed by atoms with Crippen molar-refractivity contribution in [3.05, 3.63) is 60.8 Å². The van der Waals surface area contributed by atoms with E-state index < -0.39 is 20.0 Å². The van der Waals surface area contributed by atoms with Crippen molar-refractivity contribution in [2.45, 2.75) is 303 Å². The molecule has 0 aromatic rings. The van der Waals surface area contributed by atoms with E-state index in [0.29, 0.717) is 17.4 Å². The van der Waals surface area contributed by atoms with E-state index in [1.54, 1.807) is 0 Å². The largest absolute Gasteiger partial charge is 0.472 e. The van der Waals surface area contributed by atoms with Crippen LogP contribution in [0.25, 0.3) is 0 Å². The van der Waals surface area contributed by atoms with Crippen molar-refractivity contribution < 1.29 is 37.3 Å². The smallest absolute Gasteiger partial charge is 0.456 e. The van der Waals surface area contributed by atoms with Gasteiger partial charge in [0.1, 0.15) is 19.3 Å². The summed E-state index contributed by atoms with van der Waals surface area (Å²) in [5.41, 5.74) is 0. The molecule has 0 aliphatic rings. The lowest BCUT2D eigenvalue weighted by Crippen LogP contribution is -2.47. The van der Waals surface area contributed by atoms with E-state index in [1.165, 1.54) is 193 Å². The van der Waals surface area contributed by atoms with Gasteiger partial charge >= 0.3 is 13.8 Å². The van der Waals surface area contributed by atoms with Crippen molar-refractivity contribution >= 4 is 19.7 Å². The predicted molar refractivity (Wildman–Crippen MR) is 323 cm³/mol. The maximum absolute atomic E-state index is 13.5. The molecule has 0 bridgehead atoms. The molecule has 0 saturated carbocycles. The van der Waals surface area contributed by atoms with Crippen LogP contribution >= 0.6 is 7.82 Å². The number of likely N-dealkylation sites (N-methyl/N-ethyl adjacent to an activating group) is 1. The first kappa shape index (κ1) is 72.7. The normalized spacial score (nSPS) is 14.1. The summed E-state index contributed by atoms with van der Waals surface area (Å²) in [6.45, 7) is 6.94. The van der Waals surface area contributed by atoms with Gasteiger partial charge in [-0.3, -0.25) is 18.6 Å². The highest BCUT2D eigenvalue weighted by molar-refractivity contribution is 7.47. The van der Waals surface area contributed by atoms with E-state index in [9.17, 15) is 19.0 Å². The number of ether oxygens (including phenoxy) is 1. The second-order valence-electron chi connectivity index (χ2n) is 22.6. The van der Waals surface area contributed by atoms with E-state index >= 15 is 0 Å². The summed E-state index contributed by atoms with van der Waals surface area (Å²) in [6.07, 6.45) is 69.6. The minimum atomic E-state index is -4.46. The Bertz CT molecular complexity index is 1470. The van der Waals surface area contributed by atoms with Crippen molar-refractivity contribution in [3.8, 4) is 0 Å². The van der Waals surface area contributed by atoms with Crippen LogP contribution in [0.3, 0.4) is 0 Å².